The first-order chi connectivity index (χ1) is 6.72. The number of amides is 1. The Bertz CT molecular complexity index is 295. The number of nitrogens with zero attached hydrogens (tertiary/aromatic N) is 1. The summed E-state index contributed by atoms with van der Waals surface area (Å²) < 4.78 is 0. The Hall–Kier alpha value is -1.42. The van der Waals surface area contributed by atoms with Gasteiger partial charge in [0.15, 0.2) is 0 Å². The van der Waals surface area contributed by atoms with Crippen LogP contribution in [0, 0.1) is 6.92 Å². The topological polar surface area (TPSA) is 62.2 Å². The normalized spacial score (nSPS) is 9.86. The summed E-state index contributed by atoms with van der Waals surface area (Å²) >= 11 is 0. The minimum atomic E-state index is -0.115. The van der Waals surface area contributed by atoms with E-state index >= 15 is 0 Å². The van der Waals surface area contributed by atoms with Crippen LogP contribution in [0.3, 0.4) is 0 Å². The van der Waals surface area contributed by atoms with E-state index in [1.54, 1.807) is 12.3 Å². The van der Waals surface area contributed by atoms with Crippen molar-refractivity contribution in [1.29, 1.82) is 0 Å². The van der Waals surface area contributed by atoms with Crippen LogP contribution < -0.4 is 5.32 Å². The number of aliphatic hydroxyl groups excluding tert-OH is 1. The van der Waals surface area contributed by atoms with Crippen molar-refractivity contribution in [2.24, 2.45) is 0 Å². The van der Waals surface area contributed by atoms with Crippen LogP contribution in [0.1, 0.15) is 18.4 Å². The first-order valence-electron chi connectivity index (χ1n) is 4.56. The summed E-state index contributed by atoms with van der Waals surface area (Å²) in [5.74, 6) is 0.439. The molecule has 0 radical (unpaired) electrons. The minimum Gasteiger partial charge on any atom is -0.396 e. The van der Waals surface area contributed by atoms with E-state index in [1.165, 1.54) is 0 Å². The molecular formula is C10H14N2O2. The highest BCUT2D eigenvalue weighted by atomic mass is 16.3. The number of carbonyl (C=O) groups excluding carboxylic acids is 1. The summed E-state index contributed by atoms with van der Waals surface area (Å²) in [6.07, 6.45) is 2.51. The molecule has 1 aromatic rings. The van der Waals surface area contributed by atoms with Crippen LogP contribution in [0.5, 0.6) is 0 Å². The van der Waals surface area contributed by atoms with Crippen molar-refractivity contribution in [3.8, 4) is 0 Å². The van der Waals surface area contributed by atoms with Gasteiger partial charge in [0.2, 0.25) is 5.91 Å². The smallest absolute Gasteiger partial charge is 0.225 e. The van der Waals surface area contributed by atoms with Gasteiger partial charge in [-0.15, -0.1) is 0 Å². The quantitative estimate of drug-likeness (QED) is 0.754. The van der Waals surface area contributed by atoms with Crippen molar-refractivity contribution < 1.29 is 9.90 Å². The number of anilines is 1. The second kappa shape index (κ2) is 5.34. The lowest BCUT2D eigenvalue weighted by Crippen LogP contribution is -2.12. The summed E-state index contributed by atoms with van der Waals surface area (Å²) in [4.78, 5) is 15.2. The zero-order chi connectivity index (χ0) is 10.4. The number of rotatable bonds is 4. The molecule has 0 aliphatic rings. The van der Waals surface area contributed by atoms with Crippen molar-refractivity contribution in [2.45, 2.75) is 19.8 Å². The fourth-order valence-electron chi connectivity index (χ4n) is 0.987. The third-order valence-corrected chi connectivity index (χ3v) is 1.74. The maximum atomic E-state index is 11.2. The van der Waals surface area contributed by atoms with Gasteiger partial charge in [0.05, 0.1) is 0 Å². The van der Waals surface area contributed by atoms with Crippen molar-refractivity contribution in [3.05, 3.63) is 23.9 Å². The predicted molar refractivity (Wildman–Crippen MR) is 53.9 cm³/mol. The Balaban J connectivity index is 2.44. The highest BCUT2D eigenvalue weighted by Gasteiger charge is 2.01. The van der Waals surface area contributed by atoms with E-state index in [1.807, 2.05) is 13.0 Å². The standard InChI is InChI=1S/C10H14N2O2/c1-8-4-5-9(11-7-8)12-10(14)3-2-6-13/h4-5,7,13H,2-3,6H2,1H3,(H,11,12,14). The number of aliphatic hydroxyl groups is 1. The van der Waals surface area contributed by atoms with Gasteiger partial charge < -0.3 is 10.4 Å². The zero-order valence-electron chi connectivity index (χ0n) is 8.16. The van der Waals surface area contributed by atoms with Gasteiger partial charge >= 0.3 is 0 Å². The lowest BCUT2D eigenvalue weighted by Gasteiger charge is -2.03. The summed E-state index contributed by atoms with van der Waals surface area (Å²) in [5, 5.41) is 11.2. The van der Waals surface area contributed by atoms with Gasteiger partial charge in [-0.2, -0.15) is 0 Å². The Morgan fingerprint density at radius 3 is 2.93 bits per heavy atom. The summed E-state index contributed by atoms with van der Waals surface area (Å²) in [6.45, 7) is 1.97. The molecule has 0 aromatic carbocycles. The van der Waals surface area contributed by atoms with E-state index in [0.29, 0.717) is 18.7 Å². The van der Waals surface area contributed by atoms with Crippen LogP contribution in [0.15, 0.2) is 18.3 Å². The second-order valence-electron chi connectivity index (χ2n) is 3.10. The van der Waals surface area contributed by atoms with Crippen LogP contribution in [0.2, 0.25) is 0 Å². The fraction of sp³-hybridized carbons (Fsp3) is 0.400. The van der Waals surface area contributed by atoms with Crippen molar-refractivity contribution in [3.63, 3.8) is 0 Å². The SMILES string of the molecule is Cc1ccc(NC(=O)CCCO)nc1. The Morgan fingerprint density at radius 2 is 2.36 bits per heavy atom. The number of carbonyl (C=O) groups is 1. The zero-order valence-corrected chi connectivity index (χ0v) is 8.16. The highest BCUT2D eigenvalue weighted by molar-refractivity contribution is 5.89. The van der Waals surface area contributed by atoms with Crippen molar-refractivity contribution in [1.82, 2.24) is 4.98 Å². The van der Waals surface area contributed by atoms with Gasteiger partial charge in [0, 0.05) is 19.2 Å². The van der Waals surface area contributed by atoms with Crippen molar-refractivity contribution in [2.75, 3.05) is 11.9 Å². The van der Waals surface area contributed by atoms with Crippen LogP contribution >= 0.6 is 0 Å². The first kappa shape index (κ1) is 10.7. The Labute approximate surface area is 83.0 Å². The number of aromatic nitrogens is 1. The van der Waals surface area contributed by atoms with Crippen LogP contribution in [-0.4, -0.2) is 22.6 Å². The van der Waals surface area contributed by atoms with E-state index in [9.17, 15) is 4.79 Å². The molecule has 0 unspecified atom stereocenters. The molecule has 2 N–H and O–H groups in total. The molecule has 76 valence electrons. The third-order valence-electron chi connectivity index (χ3n) is 1.74. The summed E-state index contributed by atoms with van der Waals surface area (Å²) in [6, 6.07) is 3.64. The van der Waals surface area contributed by atoms with Gasteiger partial charge in [0.1, 0.15) is 5.82 Å². The Kier molecular flexibility index (Phi) is 4.07. The van der Waals surface area contributed by atoms with E-state index in [4.69, 9.17) is 5.11 Å². The first-order valence-corrected chi connectivity index (χ1v) is 4.56. The molecule has 0 fully saturated rings. The molecular weight excluding hydrogens is 180 g/mol. The molecule has 1 amide bonds. The molecule has 1 aromatic heterocycles. The average Bonchev–Trinajstić information content (AvgIpc) is 2.18. The monoisotopic (exact) mass is 194 g/mol. The Morgan fingerprint density at radius 1 is 1.57 bits per heavy atom. The fourth-order valence-corrected chi connectivity index (χ4v) is 0.987. The molecule has 14 heavy (non-hydrogen) atoms. The second-order valence-corrected chi connectivity index (χ2v) is 3.10. The van der Waals surface area contributed by atoms with Crippen LogP contribution in [0.25, 0.3) is 0 Å². The van der Waals surface area contributed by atoms with Crippen LogP contribution in [-0.2, 0) is 4.79 Å². The van der Waals surface area contributed by atoms with Gasteiger partial charge in [0.25, 0.3) is 0 Å². The van der Waals surface area contributed by atoms with E-state index in [-0.39, 0.29) is 12.5 Å². The molecule has 0 aliphatic heterocycles. The van der Waals surface area contributed by atoms with Gasteiger partial charge in [-0.1, -0.05) is 6.07 Å². The molecule has 0 spiro atoms. The lowest BCUT2D eigenvalue weighted by molar-refractivity contribution is -0.116. The van der Waals surface area contributed by atoms with Gasteiger partial charge in [-0.3, -0.25) is 4.79 Å². The summed E-state index contributed by atoms with van der Waals surface area (Å²) in [7, 11) is 0. The molecule has 0 saturated heterocycles. The molecule has 0 aliphatic carbocycles. The molecule has 4 nitrogen and oxygen atoms in total. The molecule has 1 heterocycles. The number of hydrogen-bond acceptors (Lipinski definition) is 3. The highest BCUT2D eigenvalue weighted by Crippen LogP contribution is 2.04. The molecule has 0 atom stereocenters. The van der Waals surface area contributed by atoms with E-state index in [0.717, 1.165) is 5.56 Å². The van der Waals surface area contributed by atoms with Gasteiger partial charge in [-0.05, 0) is 25.0 Å². The average molecular weight is 194 g/mol. The molecule has 1 rings (SSSR count). The maximum Gasteiger partial charge on any atom is 0.225 e. The largest absolute Gasteiger partial charge is 0.396 e. The van der Waals surface area contributed by atoms with Gasteiger partial charge in [-0.25, -0.2) is 4.98 Å². The molecule has 0 saturated carbocycles. The van der Waals surface area contributed by atoms with E-state index < -0.39 is 0 Å². The maximum absolute atomic E-state index is 11.2. The third kappa shape index (κ3) is 3.53. The van der Waals surface area contributed by atoms with Crippen LogP contribution in [0.4, 0.5) is 5.82 Å². The molecule has 0 bridgehead atoms. The lowest BCUT2D eigenvalue weighted by atomic mass is 10.3. The number of hydrogen-bond donors (Lipinski definition) is 2. The number of aryl methyl sites for hydroxylation is 1. The summed E-state index contributed by atoms with van der Waals surface area (Å²) in [5.41, 5.74) is 1.05. The van der Waals surface area contributed by atoms with Crippen molar-refractivity contribution >= 4 is 11.7 Å². The number of nitrogens with one attached hydrogen (secondary N) is 1. The minimum absolute atomic E-state index is 0.0365. The predicted octanol–water partition coefficient (Wildman–Crippen LogP) is 1.10. The number of pyridine rings is 1. The molecule has 4 heteroatoms. The van der Waals surface area contributed by atoms with E-state index in [2.05, 4.69) is 10.3 Å².